The van der Waals surface area contributed by atoms with Gasteiger partial charge in [-0.2, -0.15) is 0 Å². The van der Waals surface area contributed by atoms with Crippen molar-refractivity contribution in [1.29, 1.82) is 0 Å². The lowest BCUT2D eigenvalue weighted by atomic mass is 10.1. The molecule has 0 amide bonds. The smallest absolute Gasteiger partial charge is 0.119 e. The highest BCUT2D eigenvalue weighted by Crippen LogP contribution is 2.25. The van der Waals surface area contributed by atoms with E-state index in [2.05, 4.69) is 48.5 Å². The molecule has 0 unspecified atom stereocenters. The van der Waals surface area contributed by atoms with Gasteiger partial charge in [0.1, 0.15) is 12.4 Å². The number of hydrogen-bond acceptors (Lipinski definition) is 3. The van der Waals surface area contributed by atoms with Crippen molar-refractivity contribution >= 4 is 0 Å². The number of nitrogens with zero attached hydrogens (tertiary/aromatic N) is 1. The molecule has 0 bridgehead atoms. The van der Waals surface area contributed by atoms with Gasteiger partial charge in [0, 0.05) is 19.6 Å². The third-order valence-corrected chi connectivity index (χ3v) is 4.29. The van der Waals surface area contributed by atoms with E-state index in [1.54, 1.807) is 0 Å². The Bertz CT molecular complexity index is 385. The molecule has 1 aliphatic rings. The molecule has 1 saturated carbocycles. The summed E-state index contributed by atoms with van der Waals surface area (Å²) in [5.41, 5.74) is 1.31. The van der Waals surface area contributed by atoms with Gasteiger partial charge < -0.3 is 15.0 Å². The number of ether oxygens (including phenoxy) is 1. The molecule has 1 fully saturated rings. The Morgan fingerprint density at radius 2 is 1.90 bits per heavy atom. The van der Waals surface area contributed by atoms with Crippen molar-refractivity contribution in [1.82, 2.24) is 10.2 Å². The van der Waals surface area contributed by atoms with Crippen LogP contribution in [0.1, 0.15) is 38.2 Å². The van der Waals surface area contributed by atoms with Crippen molar-refractivity contribution in [2.24, 2.45) is 5.92 Å². The van der Waals surface area contributed by atoms with Crippen LogP contribution in [0.5, 0.6) is 5.75 Å². The minimum atomic E-state index is 0.774. The van der Waals surface area contributed by atoms with E-state index in [1.165, 1.54) is 37.8 Å². The van der Waals surface area contributed by atoms with Crippen LogP contribution in [-0.4, -0.2) is 38.2 Å². The van der Waals surface area contributed by atoms with Crippen molar-refractivity contribution in [3.05, 3.63) is 29.8 Å². The molecule has 1 aromatic rings. The quantitative estimate of drug-likeness (QED) is 0.755. The topological polar surface area (TPSA) is 24.5 Å². The second-order valence-electron chi connectivity index (χ2n) is 6.19. The first kappa shape index (κ1) is 16.3. The fourth-order valence-electron chi connectivity index (χ4n) is 3.02. The zero-order valence-corrected chi connectivity index (χ0v) is 13.6. The van der Waals surface area contributed by atoms with E-state index < -0.39 is 0 Å². The highest BCUT2D eigenvalue weighted by atomic mass is 16.5. The highest BCUT2D eigenvalue weighted by Gasteiger charge is 2.16. The van der Waals surface area contributed by atoms with Gasteiger partial charge in [0.15, 0.2) is 0 Å². The van der Waals surface area contributed by atoms with Gasteiger partial charge in [0.05, 0.1) is 0 Å². The Kier molecular flexibility index (Phi) is 7.04. The van der Waals surface area contributed by atoms with Crippen LogP contribution in [0.3, 0.4) is 0 Å². The molecule has 3 nitrogen and oxygen atoms in total. The van der Waals surface area contributed by atoms with Crippen molar-refractivity contribution in [2.75, 3.05) is 33.3 Å². The maximum Gasteiger partial charge on any atom is 0.119 e. The molecular formula is C18H30N2O. The molecular weight excluding hydrogens is 260 g/mol. The zero-order valence-electron chi connectivity index (χ0n) is 13.6. The van der Waals surface area contributed by atoms with Gasteiger partial charge in [-0.1, -0.05) is 31.9 Å². The van der Waals surface area contributed by atoms with Gasteiger partial charge in [0.25, 0.3) is 0 Å². The molecule has 0 radical (unpaired) electrons. The first-order chi connectivity index (χ1) is 10.3. The monoisotopic (exact) mass is 290 g/mol. The normalized spacial score (nSPS) is 15.8. The highest BCUT2D eigenvalue weighted by molar-refractivity contribution is 5.27. The Morgan fingerprint density at radius 1 is 1.19 bits per heavy atom. The summed E-state index contributed by atoms with van der Waals surface area (Å²) >= 11 is 0. The Morgan fingerprint density at radius 3 is 2.57 bits per heavy atom. The second-order valence-corrected chi connectivity index (χ2v) is 6.19. The number of nitrogens with one attached hydrogen (secondary N) is 1. The van der Waals surface area contributed by atoms with Crippen molar-refractivity contribution in [3.8, 4) is 5.75 Å². The standard InChI is InChI=1S/C18H30N2O/c1-3-19-14-16-8-10-18(11-9-16)21-13-12-20(2)15-17-6-4-5-7-17/h8-11,17,19H,3-7,12-15H2,1-2H3. The van der Waals surface area contributed by atoms with Crippen LogP contribution >= 0.6 is 0 Å². The minimum Gasteiger partial charge on any atom is -0.492 e. The molecule has 0 aliphatic heterocycles. The molecule has 2 rings (SSSR count). The first-order valence-electron chi connectivity index (χ1n) is 8.39. The van der Waals surface area contributed by atoms with E-state index >= 15 is 0 Å². The summed E-state index contributed by atoms with van der Waals surface area (Å²) < 4.78 is 5.84. The number of hydrogen-bond donors (Lipinski definition) is 1. The summed E-state index contributed by atoms with van der Waals surface area (Å²) in [6, 6.07) is 8.42. The fourth-order valence-corrected chi connectivity index (χ4v) is 3.02. The molecule has 0 aromatic heterocycles. The van der Waals surface area contributed by atoms with E-state index in [1.807, 2.05) is 0 Å². The van der Waals surface area contributed by atoms with Crippen LogP contribution in [0.2, 0.25) is 0 Å². The molecule has 118 valence electrons. The predicted octanol–water partition coefficient (Wildman–Crippen LogP) is 3.30. The van der Waals surface area contributed by atoms with Crippen LogP contribution in [-0.2, 0) is 6.54 Å². The fraction of sp³-hybridized carbons (Fsp3) is 0.667. The maximum absolute atomic E-state index is 5.84. The van der Waals surface area contributed by atoms with Gasteiger partial charge in [-0.3, -0.25) is 0 Å². The van der Waals surface area contributed by atoms with Gasteiger partial charge in [0.2, 0.25) is 0 Å². The van der Waals surface area contributed by atoms with Crippen LogP contribution in [0.25, 0.3) is 0 Å². The molecule has 21 heavy (non-hydrogen) atoms. The Hall–Kier alpha value is -1.06. The molecule has 0 atom stereocenters. The minimum absolute atomic E-state index is 0.774. The van der Waals surface area contributed by atoms with Gasteiger partial charge in [-0.25, -0.2) is 0 Å². The van der Waals surface area contributed by atoms with Crippen LogP contribution in [0.4, 0.5) is 0 Å². The molecule has 1 N–H and O–H groups in total. The lowest BCUT2D eigenvalue weighted by molar-refractivity contribution is 0.215. The van der Waals surface area contributed by atoms with Crippen LogP contribution in [0, 0.1) is 5.92 Å². The molecule has 0 spiro atoms. The first-order valence-corrected chi connectivity index (χ1v) is 8.39. The largest absolute Gasteiger partial charge is 0.492 e. The third kappa shape index (κ3) is 6.06. The summed E-state index contributed by atoms with van der Waals surface area (Å²) in [7, 11) is 2.21. The molecule has 1 aliphatic carbocycles. The van der Waals surface area contributed by atoms with E-state index in [-0.39, 0.29) is 0 Å². The van der Waals surface area contributed by atoms with Crippen LogP contribution in [0.15, 0.2) is 24.3 Å². The zero-order chi connectivity index (χ0) is 14.9. The Labute approximate surface area is 129 Å². The maximum atomic E-state index is 5.84. The van der Waals surface area contributed by atoms with E-state index in [4.69, 9.17) is 4.74 Å². The predicted molar refractivity (Wildman–Crippen MR) is 88.8 cm³/mol. The average molecular weight is 290 g/mol. The SMILES string of the molecule is CCNCc1ccc(OCCN(C)CC2CCCC2)cc1. The molecule has 0 saturated heterocycles. The lowest BCUT2D eigenvalue weighted by Crippen LogP contribution is -2.28. The van der Waals surface area contributed by atoms with Gasteiger partial charge in [-0.05, 0) is 50.0 Å². The number of likely N-dealkylation sites (N-methyl/N-ethyl adjacent to an activating group) is 1. The van der Waals surface area contributed by atoms with Crippen molar-refractivity contribution in [2.45, 2.75) is 39.2 Å². The van der Waals surface area contributed by atoms with E-state index in [9.17, 15) is 0 Å². The van der Waals surface area contributed by atoms with E-state index in [0.29, 0.717) is 0 Å². The van der Waals surface area contributed by atoms with Crippen LogP contribution < -0.4 is 10.1 Å². The van der Waals surface area contributed by atoms with Gasteiger partial charge >= 0.3 is 0 Å². The summed E-state index contributed by atoms with van der Waals surface area (Å²) in [5, 5.41) is 3.33. The summed E-state index contributed by atoms with van der Waals surface area (Å²) in [6.07, 6.45) is 5.68. The number of rotatable bonds is 9. The molecule has 0 heterocycles. The number of benzene rings is 1. The van der Waals surface area contributed by atoms with E-state index in [0.717, 1.165) is 37.9 Å². The van der Waals surface area contributed by atoms with Crippen molar-refractivity contribution < 1.29 is 4.74 Å². The molecule has 1 aromatic carbocycles. The summed E-state index contributed by atoms with van der Waals surface area (Å²) in [4.78, 5) is 2.41. The summed E-state index contributed by atoms with van der Waals surface area (Å²) in [5.74, 6) is 1.89. The lowest BCUT2D eigenvalue weighted by Gasteiger charge is -2.20. The average Bonchev–Trinajstić information content (AvgIpc) is 2.99. The Balaban J connectivity index is 1.63. The summed E-state index contributed by atoms with van der Waals surface area (Å²) in [6.45, 7) is 7.07. The third-order valence-electron chi connectivity index (χ3n) is 4.29. The second kappa shape index (κ2) is 9.06. The van der Waals surface area contributed by atoms with Crippen molar-refractivity contribution in [3.63, 3.8) is 0 Å². The van der Waals surface area contributed by atoms with Gasteiger partial charge in [-0.15, -0.1) is 0 Å². The molecule has 3 heteroatoms.